The lowest BCUT2D eigenvalue weighted by molar-refractivity contribution is 0.0795. The molecule has 0 N–H and O–H groups in total. The van der Waals surface area contributed by atoms with Gasteiger partial charge in [-0.05, 0) is 24.6 Å². The average Bonchev–Trinajstić information content (AvgIpc) is 3.00. The molecule has 2 aromatic heterocycles. The van der Waals surface area contributed by atoms with Gasteiger partial charge in [0.1, 0.15) is 5.15 Å². The number of hydrogen-bond acceptors (Lipinski definition) is 3. The SMILES string of the molecule is [CH2]CN1Cc2cc(-c3cccc(-c4ccnc(Cl)c4Cl)c3Cl)ncc2C1=O. The van der Waals surface area contributed by atoms with Crippen molar-refractivity contribution >= 4 is 40.7 Å². The Morgan fingerprint density at radius 3 is 2.52 bits per heavy atom. The minimum atomic E-state index is -0.0443. The molecule has 7 heteroatoms. The summed E-state index contributed by atoms with van der Waals surface area (Å²) in [7, 11) is 0. The molecule has 135 valence electrons. The van der Waals surface area contributed by atoms with Gasteiger partial charge in [0.15, 0.2) is 0 Å². The summed E-state index contributed by atoms with van der Waals surface area (Å²) in [5, 5.41) is 1.07. The van der Waals surface area contributed by atoms with Crippen LogP contribution in [0.4, 0.5) is 0 Å². The van der Waals surface area contributed by atoms with Crippen LogP contribution < -0.4 is 0 Å². The molecular weight excluding hydrogens is 405 g/mol. The maximum Gasteiger partial charge on any atom is 0.256 e. The zero-order valence-corrected chi connectivity index (χ0v) is 16.3. The summed E-state index contributed by atoms with van der Waals surface area (Å²) in [6.45, 7) is 4.73. The van der Waals surface area contributed by atoms with E-state index in [0.29, 0.717) is 40.0 Å². The normalized spacial score (nSPS) is 13.2. The van der Waals surface area contributed by atoms with Crippen molar-refractivity contribution in [3.63, 3.8) is 0 Å². The summed E-state index contributed by atoms with van der Waals surface area (Å²) in [6.07, 6.45) is 3.18. The summed E-state index contributed by atoms with van der Waals surface area (Å²) in [4.78, 5) is 22.3. The third-order valence-electron chi connectivity index (χ3n) is 4.55. The predicted octanol–water partition coefficient (Wildman–Crippen LogP) is 5.56. The Morgan fingerprint density at radius 1 is 1.00 bits per heavy atom. The Hall–Kier alpha value is -2.14. The Morgan fingerprint density at radius 2 is 1.74 bits per heavy atom. The van der Waals surface area contributed by atoms with Crippen LogP contribution in [0.2, 0.25) is 15.2 Å². The van der Waals surface area contributed by atoms with Crippen molar-refractivity contribution in [2.24, 2.45) is 0 Å². The van der Waals surface area contributed by atoms with Crippen LogP contribution in [0.15, 0.2) is 42.7 Å². The summed E-state index contributed by atoms with van der Waals surface area (Å²) < 4.78 is 0. The van der Waals surface area contributed by atoms with Crippen molar-refractivity contribution in [3.8, 4) is 22.4 Å². The average molecular weight is 418 g/mol. The third kappa shape index (κ3) is 3.08. The number of rotatable bonds is 3. The maximum absolute atomic E-state index is 12.2. The van der Waals surface area contributed by atoms with Crippen LogP contribution in [0.5, 0.6) is 0 Å². The number of nitrogens with zero attached hydrogens (tertiary/aromatic N) is 3. The van der Waals surface area contributed by atoms with E-state index in [1.165, 1.54) is 0 Å². The molecule has 0 saturated heterocycles. The molecule has 1 radical (unpaired) electrons. The molecule has 0 atom stereocenters. The van der Waals surface area contributed by atoms with E-state index < -0.39 is 0 Å². The van der Waals surface area contributed by atoms with Gasteiger partial charge in [-0.1, -0.05) is 53.0 Å². The number of hydrogen-bond donors (Lipinski definition) is 0. The van der Waals surface area contributed by atoms with Gasteiger partial charge in [-0.2, -0.15) is 0 Å². The number of benzene rings is 1. The van der Waals surface area contributed by atoms with Crippen LogP contribution in [0.3, 0.4) is 0 Å². The number of carbonyl (C=O) groups is 1. The fraction of sp³-hybridized carbons (Fsp3) is 0.100. The van der Waals surface area contributed by atoms with E-state index in [9.17, 15) is 4.79 Å². The third-order valence-corrected chi connectivity index (χ3v) is 5.72. The molecule has 0 bridgehead atoms. The Kier molecular flexibility index (Phi) is 4.81. The number of carbonyl (C=O) groups excluding carboxylic acids is 1. The smallest absolute Gasteiger partial charge is 0.256 e. The highest BCUT2D eigenvalue weighted by molar-refractivity contribution is 6.43. The Labute approximate surface area is 171 Å². The fourth-order valence-electron chi connectivity index (χ4n) is 3.16. The molecule has 0 spiro atoms. The summed E-state index contributed by atoms with van der Waals surface area (Å²) in [5.74, 6) is -0.0443. The Balaban J connectivity index is 1.81. The molecule has 0 saturated carbocycles. The molecule has 0 fully saturated rings. The molecule has 1 aromatic carbocycles. The summed E-state index contributed by atoms with van der Waals surface area (Å²) in [5.41, 5.74) is 4.40. The summed E-state index contributed by atoms with van der Waals surface area (Å²) >= 11 is 19.0. The molecule has 1 aliphatic heterocycles. The van der Waals surface area contributed by atoms with Gasteiger partial charge in [0, 0.05) is 42.2 Å². The highest BCUT2D eigenvalue weighted by Crippen LogP contribution is 2.40. The molecule has 27 heavy (non-hydrogen) atoms. The molecule has 4 nitrogen and oxygen atoms in total. The summed E-state index contributed by atoms with van der Waals surface area (Å²) in [6, 6.07) is 9.29. The minimum absolute atomic E-state index is 0.0443. The van der Waals surface area contributed by atoms with Crippen LogP contribution in [0.1, 0.15) is 15.9 Å². The van der Waals surface area contributed by atoms with E-state index in [1.54, 1.807) is 23.4 Å². The monoisotopic (exact) mass is 416 g/mol. The van der Waals surface area contributed by atoms with Gasteiger partial charge in [-0.25, -0.2) is 4.98 Å². The van der Waals surface area contributed by atoms with Crippen LogP contribution in [0.25, 0.3) is 22.4 Å². The van der Waals surface area contributed by atoms with Crippen molar-refractivity contribution in [2.75, 3.05) is 6.54 Å². The molecule has 0 unspecified atom stereocenters. The quantitative estimate of drug-likeness (QED) is 0.524. The topological polar surface area (TPSA) is 46.1 Å². The van der Waals surface area contributed by atoms with Crippen LogP contribution >= 0.6 is 34.8 Å². The molecule has 0 aliphatic carbocycles. The van der Waals surface area contributed by atoms with E-state index in [2.05, 4.69) is 16.9 Å². The van der Waals surface area contributed by atoms with Gasteiger partial charge in [0.05, 0.1) is 21.3 Å². The van der Waals surface area contributed by atoms with Gasteiger partial charge in [-0.15, -0.1) is 0 Å². The number of aromatic nitrogens is 2. The first-order valence-electron chi connectivity index (χ1n) is 8.18. The van der Waals surface area contributed by atoms with E-state index in [1.807, 2.05) is 24.3 Å². The Bertz CT molecular complexity index is 1070. The van der Waals surface area contributed by atoms with Crippen molar-refractivity contribution in [1.82, 2.24) is 14.9 Å². The van der Waals surface area contributed by atoms with Crippen LogP contribution in [0, 0.1) is 6.92 Å². The van der Waals surface area contributed by atoms with E-state index >= 15 is 0 Å². The second-order valence-corrected chi connectivity index (χ2v) is 7.20. The molecule has 3 aromatic rings. The second kappa shape index (κ2) is 7.12. The molecule has 1 aliphatic rings. The minimum Gasteiger partial charge on any atom is -0.334 e. The highest BCUT2D eigenvalue weighted by atomic mass is 35.5. The van der Waals surface area contributed by atoms with Gasteiger partial charge >= 0.3 is 0 Å². The molecule has 3 heterocycles. The first-order valence-corrected chi connectivity index (χ1v) is 9.31. The lowest BCUT2D eigenvalue weighted by atomic mass is 10.0. The lowest BCUT2D eigenvalue weighted by Crippen LogP contribution is -2.23. The van der Waals surface area contributed by atoms with Gasteiger partial charge in [0.25, 0.3) is 5.91 Å². The van der Waals surface area contributed by atoms with E-state index in [-0.39, 0.29) is 11.1 Å². The van der Waals surface area contributed by atoms with Gasteiger partial charge in [0.2, 0.25) is 0 Å². The van der Waals surface area contributed by atoms with Crippen molar-refractivity contribution in [3.05, 3.63) is 76.0 Å². The zero-order valence-electron chi connectivity index (χ0n) is 14.0. The van der Waals surface area contributed by atoms with E-state index in [4.69, 9.17) is 34.8 Å². The van der Waals surface area contributed by atoms with Crippen LogP contribution in [-0.4, -0.2) is 27.3 Å². The highest BCUT2D eigenvalue weighted by Gasteiger charge is 2.27. The number of pyridine rings is 2. The predicted molar refractivity (Wildman–Crippen MR) is 108 cm³/mol. The largest absolute Gasteiger partial charge is 0.334 e. The lowest BCUT2D eigenvalue weighted by Gasteiger charge is -2.12. The van der Waals surface area contributed by atoms with Crippen LogP contribution in [-0.2, 0) is 6.54 Å². The van der Waals surface area contributed by atoms with Gasteiger partial charge < -0.3 is 4.90 Å². The first-order chi connectivity index (χ1) is 13.0. The van der Waals surface area contributed by atoms with Crippen molar-refractivity contribution in [1.29, 1.82) is 0 Å². The molecule has 1 amide bonds. The number of halogens is 3. The fourth-order valence-corrected chi connectivity index (χ4v) is 3.86. The van der Waals surface area contributed by atoms with E-state index in [0.717, 1.165) is 16.7 Å². The number of fused-ring (bicyclic) bond motifs is 1. The first kappa shape index (κ1) is 18.2. The van der Waals surface area contributed by atoms with Crippen molar-refractivity contribution in [2.45, 2.75) is 6.54 Å². The maximum atomic E-state index is 12.2. The zero-order chi connectivity index (χ0) is 19.1. The molecule has 4 rings (SSSR count). The van der Waals surface area contributed by atoms with Crippen molar-refractivity contribution < 1.29 is 4.79 Å². The second-order valence-electron chi connectivity index (χ2n) is 6.08. The standard InChI is InChI=1S/C20H13Cl3N3O/c1-2-26-10-11-8-16(25-9-15(11)20(26)27)14-5-3-4-12(17(14)21)13-6-7-24-19(23)18(13)22/h3-9H,1-2,10H2. The van der Waals surface area contributed by atoms with Gasteiger partial charge in [-0.3, -0.25) is 9.78 Å². The number of amides is 1. The molecular formula is C20H13Cl3N3O.